The van der Waals surface area contributed by atoms with Crippen LogP contribution in [0.3, 0.4) is 0 Å². The summed E-state index contributed by atoms with van der Waals surface area (Å²) in [4.78, 5) is 25.9. The molecule has 0 atom stereocenters. The Labute approximate surface area is 194 Å². The molecule has 0 aliphatic heterocycles. The van der Waals surface area contributed by atoms with Gasteiger partial charge in [0.15, 0.2) is 5.78 Å². The van der Waals surface area contributed by atoms with Gasteiger partial charge >= 0.3 is 0 Å². The summed E-state index contributed by atoms with van der Waals surface area (Å²) in [6.45, 7) is 4.78. The average Bonchev–Trinajstić information content (AvgIpc) is 2.78. The first-order chi connectivity index (χ1) is 15.6. The van der Waals surface area contributed by atoms with Gasteiger partial charge in [0.25, 0.3) is 0 Å². The standard InChI is InChI=1S/C24H28N2O6S/c1-16(2)33(29,30)26(19-8-6-18(7-9-19)12-13-25)24(28)11-10-21(27)20-15-22(31-4)17(3)14-23(20)32-5/h6-9,14-16H,10-12H2,1-5H3. The molecule has 0 unspecified atom stereocenters. The molecule has 0 N–H and O–H groups in total. The van der Waals surface area contributed by atoms with Crippen molar-refractivity contribution in [3.05, 3.63) is 53.1 Å². The van der Waals surface area contributed by atoms with Gasteiger partial charge in [-0.2, -0.15) is 5.26 Å². The molecule has 2 aromatic rings. The molecule has 0 fully saturated rings. The number of nitrogens with zero attached hydrogens (tertiary/aromatic N) is 2. The van der Waals surface area contributed by atoms with E-state index in [9.17, 15) is 18.0 Å². The molecule has 8 nitrogen and oxygen atoms in total. The number of ketones is 1. The van der Waals surface area contributed by atoms with Crippen LogP contribution in [-0.4, -0.2) is 39.6 Å². The monoisotopic (exact) mass is 472 g/mol. The second-order valence-corrected chi connectivity index (χ2v) is 10.0. The minimum absolute atomic E-state index is 0.164. The number of anilines is 1. The molecule has 2 rings (SSSR count). The Hall–Kier alpha value is -3.38. The van der Waals surface area contributed by atoms with Crippen molar-refractivity contribution in [2.45, 2.75) is 45.3 Å². The molecule has 0 bridgehead atoms. The van der Waals surface area contributed by atoms with E-state index in [1.54, 1.807) is 24.3 Å². The van der Waals surface area contributed by atoms with Crippen molar-refractivity contribution in [2.24, 2.45) is 0 Å². The highest BCUT2D eigenvalue weighted by molar-refractivity contribution is 7.94. The van der Waals surface area contributed by atoms with Crippen LogP contribution in [0.25, 0.3) is 0 Å². The number of benzene rings is 2. The molecule has 0 saturated heterocycles. The topological polar surface area (TPSA) is 114 Å². The van der Waals surface area contributed by atoms with Gasteiger partial charge in [0, 0.05) is 12.8 Å². The van der Waals surface area contributed by atoms with Gasteiger partial charge in [-0.05, 0) is 56.2 Å². The smallest absolute Gasteiger partial charge is 0.244 e. The van der Waals surface area contributed by atoms with Crippen LogP contribution in [-0.2, 0) is 21.2 Å². The average molecular weight is 473 g/mol. The Kier molecular flexibility index (Phi) is 8.60. The number of hydrogen-bond acceptors (Lipinski definition) is 7. The third-order valence-corrected chi connectivity index (χ3v) is 7.23. The van der Waals surface area contributed by atoms with E-state index in [0.717, 1.165) is 9.87 Å². The summed E-state index contributed by atoms with van der Waals surface area (Å²) >= 11 is 0. The Balaban J connectivity index is 2.32. The maximum absolute atomic E-state index is 13.1. The number of carbonyl (C=O) groups is 2. The Morgan fingerprint density at radius 2 is 1.64 bits per heavy atom. The molecular formula is C24H28N2O6S. The number of nitriles is 1. The summed E-state index contributed by atoms with van der Waals surface area (Å²) in [5.74, 6) is -0.231. The molecule has 0 aromatic heterocycles. The molecule has 0 saturated carbocycles. The van der Waals surface area contributed by atoms with Crippen LogP contribution in [0.15, 0.2) is 36.4 Å². The number of rotatable bonds is 10. The SMILES string of the molecule is COc1cc(C(=O)CCC(=O)N(c2ccc(CC#N)cc2)S(=O)(=O)C(C)C)c(OC)cc1C. The van der Waals surface area contributed by atoms with Crippen molar-refractivity contribution in [1.29, 1.82) is 5.26 Å². The van der Waals surface area contributed by atoms with Crippen molar-refractivity contribution < 1.29 is 27.5 Å². The van der Waals surface area contributed by atoms with Gasteiger partial charge in [0.1, 0.15) is 11.5 Å². The number of aryl methyl sites for hydroxylation is 1. The summed E-state index contributed by atoms with van der Waals surface area (Å²) in [6, 6.07) is 11.4. The van der Waals surface area contributed by atoms with E-state index in [1.165, 1.54) is 40.2 Å². The van der Waals surface area contributed by atoms with Crippen LogP contribution in [0.2, 0.25) is 0 Å². The number of Topliss-reactive ketones (excluding diaryl/α,β-unsaturated/α-hetero) is 1. The molecule has 0 aliphatic rings. The van der Waals surface area contributed by atoms with Gasteiger partial charge in [0.05, 0.1) is 43.2 Å². The molecular weight excluding hydrogens is 444 g/mol. The maximum atomic E-state index is 13.1. The summed E-state index contributed by atoms with van der Waals surface area (Å²) in [5.41, 5.74) is 1.91. The molecule has 0 heterocycles. The van der Waals surface area contributed by atoms with Crippen LogP contribution in [0.5, 0.6) is 11.5 Å². The molecule has 0 radical (unpaired) electrons. The fraction of sp³-hybridized carbons (Fsp3) is 0.375. The molecule has 2 aromatic carbocycles. The number of methoxy groups -OCH3 is 2. The zero-order valence-electron chi connectivity index (χ0n) is 19.4. The number of ether oxygens (including phenoxy) is 2. The van der Waals surface area contributed by atoms with Gasteiger partial charge in [-0.25, -0.2) is 12.7 Å². The van der Waals surface area contributed by atoms with E-state index in [4.69, 9.17) is 14.7 Å². The summed E-state index contributed by atoms with van der Waals surface area (Å²) < 4.78 is 37.2. The molecule has 176 valence electrons. The minimum Gasteiger partial charge on any atom is -0.496 e. The van der Waals surface area contributed by atoms with Gasteiger partial charge in [0.2, 0.25) is 15.9 Å². The minimum atomic E-state index is -4.00. The lowest BCUT2D eigenvalue weighted by molar-refractivity contribution is -0.117. The van der Waals surface area contributed by atoms with Crippen molar-refractivity contribution in [3.63, 3.8) is 0 Å². The van der Waals surface area contributed by atoms with Crippen molar-refractivity contribution in [3.8, 4) is 17.6 Å². The molecule has 9 heteroatoms. The first-order valence-corrected chi connectivity index (χ1v) is 11.9. The number of sulfonamides is 1. The van der Waals surface area contributed by atoms with Gasteiger partial charge in [-0.1, -0.05) is 12.1 Å². The fourth-order valence-corrected chi connectivity index (χ4v) is 4.42. The van der Waals surface area contributed by atoms with E-state index in [-0.39, 0.29) is 36.3 Å². The van der Waals surface area contributed by atoms with Crippen molar-refractivity contribution in [2.75, 3.05) is 18.5 Å². The predicted molar refractivity (Wildman–Crippen MR) is 125 cm³/mol. The van der Waals surface area contributed by atoms with Crippen LogP contribution < -0.4 is 13.8 Å². The summed E-state index contributed by atoms with van der Waals surface area (Å²) in [6.07, 6.45) is -0.358. The van der Waals surface area contributed by atoms with Gasteiger partial charge < -0.3 is 9.47 Å². The fourth-order valence-electron chi connectivity index (χ4n) is 3.21. The second kappa shape index (κ2) is 11.0. The zero-order valence-corrected chi connectivity index (χ0v) is 20.2. The number of hydrogen-bond donors (Lipinski definition) is 0. The predicted octanol–water partition coefficient (Wildman–Crippen LogP) is 3.81. The zero-order chi connectivity index (χ0) is 24.8. The lowest BCUT2D eigenvalue weighted by Crippen LogP contribution is -2.41. The third kappa shape index (κ3) is 5.90. The van der Waals surface area contributed by atoms with Crippen molar-refractivity contribution in [1.82, 2.24) is 0 Å². The number of carbonyl (C=O) groups excluding carboxylic acids is 2. The van der Waals surface area contributed by atoms with E-state index >= 15 is 0 Å². The summed E-state index contributed by atoms with van der Waals surface area (Å²) in [5, 5.41) is 7.98. The summed E-state index contributed by atoms with van der Waals surface area (Å²) in [7, 11) is -1.07. The van der Waals surface area contributed by atoms with Crippen LogP contribution in [0.1, 0.15) is 48.2 Å². The molecule has 33 heavy (non-hydrogen) atoms. The van der Waals surface area contributed by atoms with Gasteiger partial charge in [-0.3, -0.25) is 9.59 Å². The Morgan fingerprint density at radius 3 is 2.15 bits per heavy atom. The van der Waals surface area contributed by atoms with Crippen molar-refractivity contribution >= 4 is 27.4 Å². The Bertz CT molecular complexity index is 1160. The quantitative estimate of drug-likeness (QED) is 0.483. The maximum Gasteiger partial charge on any atom is 0.244 e. The first-order valence-electron chi connectivity index (χ1n) is 10.4. The highest BCUT2D eigenvalue weighted by Crippen LogP contribution is 2.30. The normalized spacial score (nSPS) is 11.1. The molecule has 1 amide bonds. The molecule has 0 spiro atoms. The van der Waals surface area contributed by atoms with E-state index in [1.807, 2.05) is 13.0 Å². The third-order valence-electron chi connectivity index (χ3n) is 5.11. The lowest BCUT2D eigenvalue weighted by atomic mass is 10.0. The van der Waals surface area contributed by atoms with Crippen LogP contribution >= 0.6 is 0 Å². The van der Waals surface area contributed by atoms with E-state index in [2.05, 4.69) is 0 Å². The number of amides is 1. The molecule has 0 aliphatic carbocycles. The van der Waals surface area contributed by atoms with Crippen LogP contribution in [0, 0.1) is 18.3 Å². The largest absolute Gasteiger partial charge is 0.496 e. The van der Waals surface area contributed by atoms with Crippen LogP contribution in [0.4, 0.5) is 5.69 Å². The lowest BCUT2D eigenvalue weighted by Gasteiger charge is -2.25. The van der Waals surface area contributed by atoms with E-state index in [0.29, 0.717) is 17.1 Å². The first kappa shape index (κ1) is 25.9. The van der Waals surface area contributed by atoms with E-state index < -0.39 is 21.2 Å². The Morgan fingerprint density at radius 1 is 1.03 bits per heavy atom. The highest BCUT2D eigenvalue weighted by Gasteiger charge is 2.32. The van der Waals surface area contributed by atoms with Gasteiger partial charge in [-0.15, -0.1) is 0 Å². The highest BCUT2D eigenvalue weighted by atomic mass is 32.2. The second-order valence-electron chi connectivity index (χ2n) is 7.70.